The largest absolute Gasteiger partial charge is 0.348 e. The minimum Gasteiger partial charge on any atom is -0.348 e. The number of rotatable bonds is 5. The van der Waals surface area contributed by atoms with Crippen LogP contribution in [0.1, 0.15) is 45.7 Å². The highest BCUT2D eigenvalue weighted by Crippen LogP contribution is 2.52. The number of fused-ring (bicyclic) bond motifs is 3. The molecule has 0 radical (unpaired) electrons. The first-order chi connectivity index (χ1) is 21.1. The SMILES string of the molecule is Cc1cccc(C2=C3C=CC=CC3C(C3C=CC=C(N(C)c4cccc(-c5ccc6c(c5)CC6)c4)C3)c3ccccc32)c1. The molecule has 1 nitrogen and oxygen atoms in total. The Hall–Kier alpha value is -4.62. The average molecular weight is 556 g/mol. The van der Waals surface area contributed by atoms with Gasteiger partial charge in [0.2, 0.25) is 0 Å². The number of benzene rings is 4. The van der Waals surface area contributed by atoms with E-state index in [2.05, 4.69) is 152 Å². The number of allylic oxidation sites excluding steroid dienone is 9. The molecule has 0 saturated carbocycles. The Labute approximate surface area is 255 Å². The van der Waals surface area contributed by atoms with Crippen LogP contribution in [-0.4, -0.2) is 7.05 Å². The summed E-state index contributed by atoms with van der Waals surface area (Å²) in [7, 11) is 2.23. The Balaban J connectivity index is 1.12. The maximum atomic E-state index is 2.46. The predicted octanol–water partition coefficient (Wildman–Crippen LogP) is 10.00. The van der Waals surface area contributed by atoms with E-state index in [-0.39, 0.29) is 0 Å². The quantitative estimate of drug-likeness (QED) is 0.237. The molecule has 0 aromatic heterocycles. The number of nitrogens with zero attached hydrogens (tertiary/aromatic N) is 1. The molecule has 4 aromatic rings. The molecule has 4 aliphatic rings. The van der Waals surface area contributed by atoms with E-state index in [4.69, 9.17) is 0 Å². The fourth-order valence-corrected chi connectivity index (χ4v) is 7.72. The summed E-state index contributed by atoms with van der Waals surface area (Å²) in [6.07, 6.45) is 19.8. The Kier molecular flexibility index (Phi) is 6.41. The topological polar surface area (TPSA) is 3.24 Å². The molecule has 0 bridgehead atoms. The number of anilines is 1. The van der Waals surface area contributed by atoms with Gasteiger partial charge >= 0.3 is 0 Å². The highest BCUT2D eigenvalue weighted by atomic mass is 15.1. The minimum atomic E-state index is 0.341. The van der Waals surface area contributed by atoms with Crippen molar-refractivity contribution in [2.45, 2.75) is 32.1 Å². The zero-order chi connectivity index (χ0) is 28.9. The van der Waals surface area contributed by atoms with E-state index < -0.39 is 0 Å². The van der Waals surface area contributed by atoms with Crippen molar-refractivity contribution in [3.8, 4) is 11.1 Å². The third-order valence-corrected chi connectivity index (χ3v) is 10.1. The minimum absolute atomic E-state index is 0.341. The van der Waals surface area contributed by atoms with E-state index in [0.29, 0.717) is 17.8 Å². The molecular formula is C42H37N. The van der Waals surface area contributed by atoms with Gasteiger partial charge in [-0.05, 0) is 100 Å². The monoisotopic (exact) mass is 555 g/mol. The zero-order valence-electron chi connectivity index (χ0n) is 25.0. The Bertz CT molecular complexity index is 1890. The lowest BCUT2D eigenvalue weighted by Crippen LogP contribution is -2.30. The van der Waals surface area contributed by atoms with E-state index >= 15 is 0 Å². The van der Waals surface area contributed by atoms with Crippen LogP contribution in [0.2, 0.25) is 0 Å². The van der Waals surface area contributed by atoms with Crippen LogP contribution < -0.4 is 4.90 Å². The van der Waals surface area contributed by atoms with Gasteiger partial charge in [-0.15, -0.1) is 0 Å². The van der Waals surface area contributed by atoms with Gasteiger partial charge in [-0.3, -0.25) is 0 Å². The van der Waals surface area contributed by atoms with Crippen LogP contribution in [-0.2, 0) is 12.8 Å². The fraction of sp³-hybridized carbons (Fsp3) is 0.190. The summed E-state index contributed by atoms with van der Waals surface area (Å²) in [5, 5.41) is 0. The van der Waals surface area contributed by atoms with Crippen LogP contribution in [0.5, 0.6) is 0 Å². The van der Waals surface area contributed by atoms with E-state index in [1.807, 2.05) is 0 Å². The van der Waals surface area contributed by atoms with Gasteiger partial charge in [-0.1, -0.05) is 121 Å². The first kappa shape index (κ1) is 26.0. The van der Waals surface area contributed by atoms with Gasteiger partial charge in [0.15, 0.2) is 0 Å². The Morgan fingerprint density at radius 3 is 2.40 bits per heavy atom. The molecule has 1 heteroatoms. The molecule has 0 heterocycles. The molecule has 210 valence electrons. The van der Waals surface area contributed by atoms with Crippen molar-refractivity contribution in [2.75, 3.05) is 11.9 Å². The van der Waals surface area contributed by atoms with Crippen LogP contribution in [0, 0.1) is 18.8 Å². The smallest absolute Gasteiger partial charge is 0.0411 e. The van der Waals surface area contributed by atoms with E-state index in [0.717, 1.165) is 6.42 Å². The van der Waals surface area contributed by atoms with Crippen molar-refractivity contribution < 1.29 is 0 Å². The van der Waals surface area contributed by atoms with Crippen LogP contribution in [0.3, 0.4) is 0 Å². The summed E-state index contributed by atoms with van der Waals surface area (Å²) in [6, 6.07) is 34.2. The van der Waals surface area contributed by atoms with Gasteiger partial charge in [-0.2, -0.15) is 0 Å². The van der Waals surface area contributed by atoms with Gasteiger partial charge in [0.05, 0.1) is 0 Å². The average Bonchev–Trinajstić information content (AvgIpc) is 3.04. The highest BCUT2D eigenvalue weighted by Gasteiger charge is 2.39. The highest BCUT2D eigenvalue weighted by molar-refractivity contribution is 5.88. The van der Waals surface area contributed by atoms with Crippen LogP contribution in [0.15, 0.2) is 145 Å². The van der Waals surface area contributed by atoms with Gasteiger partial charge in [-0.25, -0.2) is 0 Å². The van der Waals surface area contributed by atoms with Gasteiger partial charge in [0, 0.05) is 30.3 Å². The lowest BCUT2D eigenvalue weighted by atomic mass is 9.63. The predicted molar refractivity (Wildman–Crippen MR) is 181 cm³/mol. The number of hydrogen-bond donors (Lipinski definition) is 0. The second-order valence-electron chi connectivity index (χ2n) is 12.6. The van der Waals surface area contributed by atoms with E-state index in [9.17, 15) is 0 Å². The third-order valence-electron chi connectivity index (χ3n) is 10.1. The molecule has 4 aliphatic carbocycles. The maximum Gasteiger partial charge on any atom is 0.0411 e. The summed E-state index contributed by atoms with van der Waals surface area (Å²) < 4.78 is 0. The van der Waals surface area contributed by atoms with E-state index in [1.54, 1.807) is 0 Å². The number of aryl methyl sites for hydroxylation is 3. The van der Waals surface area contributed by atoms with Crippen molar-refractivity contribution in [3.63, 3.8) is 0 Å². The van der Waals surface area contributed by atoms with Crippen LogP contribution in [0.4, 0.5) is 5.69 Å². The molecule has 0 aliphatic heterocycles. The molecule has 0 N–H and O–H groups in total. The first-order valence-corrected chi connectivity index (χ1v) is 15.7. The van der Waals surface area contributed by atoms with Crippen LogP contribution >= 0.6 is 0 Å². The van der Waals surface area contributed by atoms with Crippen molar-refractivity contribution in [2.24, 2.45) is 11.8 Å². The van der Waals surface area contributed by atoms with Crippen molar-refractivity contribution in [1.29, 1.82) is 0 Å². The Morgan fingerprint density at radius 2 is 1.53 bits per heavy atom. The molecule has 3 atom stereocenters. The molecule has 0 fully saturated rings. The summed E-state index contributed by atoms with van der Waals surface area (Å²) >= 11 is 0. The van der Waals surface area contributed by atoms with E-state index in [1.165, 1.54) is 79.9 Å². The number of hydrogen-bond acceptors (Lipinski definition) is 1. The molecule has 43 heavy (non-hydrogen) atoms. The molecule has 4 aromatic carbocycles. The summed E-state index contributed by atoms with van der Waals surface area (Å²) in [6.45, 7) is 2.19. The molecular weight excluding hydrogens is 518 g/mol. The molecule has 0 amide bonds. The zero-order valence-corrected chi connectivity index (χ0v) is 25.0. The van der Waals surface area contributed by atoms with Gasteiger partial charge in [0.25, 0.3) is 0 Å². The molecule has 0 saturated heterocycles. The molecule has 0 spiro atoms. The second kappa shape index (κ2) is 10.6. The lowest BCUT2D eigenvalue weighted by molar-refractivity contribution is 0.428. The van der Waals surface area contributed by atoms with Crippen molar-refractivity contribution in [1.82, 2.24) is 0 Å². The fourth-order valence-electron chi connectivity index (χ4n) is 7.72. The van der Waals surface area contributed by atoms with Crippen molar-refractivity contribution in [3.05, 3.63) is 178 Å². The van der Waals surface area contributed by atoms with Gasteiger partial charge in [0.1, 0.15) is 0 Å². The van der Waals surface area contributed by atoms with Crippen LogP contribution in [0.25, 0.3) is 16.7 Å². The van der Waals surface area contributed by atoms with Crippen molar-refractivity contribution >= 4 is 11.3 Å². The second-order valence-corrected chi connectivity index (χ2v) is 12.6. The third kappa shape index (κ3) is 4.55. The first-order valence-electron chi connectivity index (χ1n) is 15.7. The lowest BCUT2D eigenvalue weighted by Gasteiger charge is -2.41. The molecule has 8 rings (SSSR count). The normalized spacial score (nSPS) is 21.4. The summed E-state index contributed by atoms with van der Waals surface area (Å²) in [5.41, 5.74) is 16.6. The molecule has 3 unspecified atom stereocenters. The van der Waals surface area contributed by atoms with Gasteiger partial charge < -0.3 is 4.90 Å². The summed E-state index contributed by atoms with van der Waals surface area (Å²) in [5.74, 6) is 1.12. The standard InChI is InChI=1S/C42H37N/c1-28-10-7-12-33(24-28)41-37-16-3-5-18-39(37)42(40-19-6-4-17-38(40)41)34-13-9-15-36(27-34)43(2)35-14-8-11-30(26-35)32-23-21-29-20-22-31(29)25-32/h3-19,21,23-26,34,39,42H,20,22,27H2,1-2H3. The summed E-state index contributed by atoms with van der Waals surface area (Å²) in [4.78, 5) is 2.40. The maximum absolute atomic E-state index is 2.46. The Morgan fingerprint density at radius 1 is 0.698 bits per heavy atom.